The predicted molar refractivity (Wildman–Crippen MR) is 71.7 cm³/mol. The zero-order valence-electron chi connectivity index (χ0n) is 11.4. The Morgan fingerprint density at radius 1 is 1.06 bits per heavy atom. The summed E-state index contributed by atoms with van der Waals surface area (Å²) in [6.07, 6.45) is 1.73. The summed E-state index contributed by atoms with van der Waals surface area (Å²) in [5, 5.41) is 0. The van der Waals surface area contributed by atoms with Crippen molar-refractivity contribution >= 4 is 5.97 Å². The van der Waals surface area contributed by atoms with Crippen molar-refractivity contribution in [1.82, 2.24) is 0 Å². The molecule has 0 heterocycles. The van der Waals surface area contributed by atoms with Crippen LogP contribution in [0.5, 0.6) is 0 Å². The van der Waals surface area contributed by atoms with Crippen LogP contribution in [0.15, 0.2) is 30.3 Å². The monoisotopic (exact) mass is 250 g/mol. The molecule has 0 N–H and O–H groups in total. The maximum absolute atomic E-state index is 11.6. The van der Waals surface area contributed by atoms with Crippen LogP contribution >= 0.6 is 0 Å². The molecule has 0 aromatic heterocycles. The van der Waals surface area contributed by atoms with Crippen molar-refractivity contribution in [3.63, 3.8) is 0 Å². The number of unbranched alkanes of at least 4 members (excludes halogenated alkanes) is 1. The SMILES string of the molecule is CC(C)(C)OCCCCOC(=O)c1ccccc1. The lowest BCUT2D eigenvalue weighted by Crippen LogP contribution is -2.19. The van der Waals surface area contributed by atoms with Gasteiger partial charge < -0.3 is 9.47 Å². The maximum Gasteiger partial charge on any atom is 0.338 e. The van der Waals surface area contributed by atoms with Gasteiger partial charge in [0.1, 0.15) is 0 Å². The number of carbonyl (C=O) groups excluding carboxylic acids is 1. The van der Waals surface area contributed by atoms with Gasteiger partial charge in [-0.1, -0.05) is 18.2 Å². The van der Waals surface area contributed by atoms with E-state index >= 15 is 0 Å². The molecular weight excluding hydrogens is 228 g/mol. The number of hydrogen-bond acceptors (Lipinski definition) is 3. The summed E-state index contributed by atoms with van der Waals surface area (Å²) in [5.74, 6) is -0.257. The van der Waals surface area contributed by atoms with E-state index in [0.717, 1.165) is 12.8 Å². The van der Waals surface area contributed by atoms with E-state index in [4.69, 9.17) is 9.47 Å². The molecule has 0 saturated carbocycles. The number of benzene rings is 1. The lowest BCUT2D eigenvalue weighted by atomic mass is 10.2. The maximum atomic E-state index is 11.6. The number of hydrogen-bond donors (Lipinski definition) is 0. The van der Waals surface area contributed by atoms with Crippen LogP contribution in [0.3, 0.4) is 0 Å². The Hall–Kier alpha value is -1.35. The first-order valence-corrected chi connectivity index (χ1v) is 6.35. The highest BCUT2D eigenvalue weighted by Crippen LogP contribution is 2.08. The van der Waals surface area contributed by atoms with Crippen molar-refractivity contribution in [2.75, 3.05) is 13.2 Å². The van der Waals surface area contributed by atoms with E-state index in [-0.39, 0.29) is 11.6 Å². The van der Waals surface area contributed by atoms with Crippen molar-refractivity contribution in [2.45, 2.75) is 39.2 Å². The molecule has 0 bridgehead atoms. The predicted octanol–water partition coefficient (Wildman–Crippen LogP) is 3.44. The standard InChI is InChI=1S/C15H22O3/c1-15(2,3)18-12-8-7-11-17-14(16)13-9-5-4-6-10-13/h4-6,9-10H,7-8,11-12H2,1-3H3. The summed E-state index contributed by atoms with van der Waals surface area (Å²) in [7, 11) is 0. The van der Waals surface area contributed by atoms with E-state index in [1.807, 2.05) is 39.0 Å². The van der Waals surface area contributed by atoms with E-state index < -0.39 is 0 Å². The van der Waals surface area contributed by atoms with Crippen molar-refractivity contribution in [3.8, 4) is 0 Å². The molecule has 0 radical (unpaired) electrons. The second-order valence-corrected chi connectivity index (χ2v) is 5.17. The quantitative estimate of drug-likeness (QED) is 0.573. The van der Waals surface area contributed by atoms with Crippen LogP contribution in [-0.4, -0.2) is 24.8 Å². The molecule has 0 saturated heterocycles. The Morgan fingerprint density at radius 2 is 1.67 bits per heavy atom. The number of ether oxygens (including phenoxy) is 2. The topological polar surface area (TPSA) is 35.5 Å². The summed E-state index contributed by atoms with van der Waals surface area (Å²) < 4.78 is 10.7. The lowest BCUT2D eigenvalue weighted by Gasteiger charge is -2.19. The van der Waals surface area contributed by atoms with Crippen LogP contribution in [0.4, 0.5) is 0 Å². The molecule has 0 aliphatic rings. The van der Waals surface area contributed by atoms with Gasteiger partial charge in [0.2, 0.25) is 0 Å². The van der Waals surface area contributed by atoms with Crippen LogP contribution in [-0.2, 0) is 9.47 Å². The van der Waals surface area contributed by atoms with E-state index in [2.05, 4.69) is 0 Å². The van der Waals surface area contributed by atoms with Gasteiger partial charge in [-0.15, -0.1) is 0 Å². The van der Waals surface area contributed by atoms with Crippen molar-refractivity contribution in [3.05, 3.63) is 35.9 Å². The first-order valence-electron chi connectivity index (χ1n) is 6.35. The van der Waals surface area contributed by atoms with Crippen molar-refractivity contribution < 1.29 is 14.3 Å². The summed E-state index contributed by atoms with van der Waals surface area (Å²) >= 11 is 0. The van der Waals surface area contributed by atoms with Crippen LogP contribution < -0.4 is 0 Å². The molecule has 0 amide bonds. The molecule has 100 valence electrons. The zero-order valence-corrected chi connectivity index (χ0v) is 11.4. The third-order valence-electron chi connectivity index (χ3n) is 2.32. The van der Waals surface area contributed by atoms with Gasteiger partial charge in [0.05, 0.1) is 17.8 Å². The van der Waals surface area contributed by atoms with E-state index in [1.54, 1.807) is 12.1 Å². The first kappa shape index (κ1) is 14.7. The van der Waals surface area contributed by atoms with Gasteiger partial charge in [0, 0.05) is 6.61 Å². The molecule has 1 rings (SSSR count). The normalized spacial score (nSPS) is 11.3. The molecular formula is C15H22O3. The third-order valence-corrected chi connectivity index (χ3v) is 2.32. The molecule has 0 aliphatic carbocycles. The van der Waals surface area contributed by atoms with Gasteiger partial charge in [0.15, 0.2) is 0 Å². The molecule has 0 spiro atoms. The van der Waals surface area contributed by atoms with Crippen molar-refractivity contribution in [1.29, 1.82) is 0 Å². The molecule has 1 aromatic carbocycles. The van der Waals surface area contributed by atoms with Crippen molar-refractivity contribution in [2.24, 2.45) is 0 Å². The van der Waals surface area contributed by atoms with Crippen LogP contribution in [0.2, 0.25) is 0 Å². The molecule has 3 nitrogen and oxygen atoms in total. The molecule has 3 heteroatoms. The van der Waals surface area contributed by atoms with Gasteiger partial charge >= 0.3 is 5.97 Å². The largest absolute Gasteiger partial charge is 0.462 e. The number of carbonyl (C=O) groups is 1. The zero-order chi connectivity index (χ0) is 13.4. The average Bonchev–Trinajstić information content (AvgIpc) is 2.33. The minimum atomic E-state index is -0.257. The second-order valence-electron chi connectivity index (χ2n) is 5.17. The molecule has 0 fully saturated rings. The minimum Gasteiger partial charge on any atom is -0.462 e. The smallest absolute Gasteiger partial charge is 0.338 e. The Bertz CT molecular complexity index is 352. The number of rotatable bonds is 6. The highest BCUT2D eigenvalue weighted by molar-refractivity contribution is 5.89. The summed E-state index contributed by atoms with van der Waals surface area (Å²) in [6.45, 7) is 7.24. The van der Waals surface area contributed by atoms with Gasteiger partial charge in [0.25, 0.3) is 0 Å². The third kappa shape index (κ3) is 6.40. The fourth-order valence-corrected chi connectivity index (χ4v) is 1.40. The highest BCUT2D eigenvalue weighted by Gasteiger charge is 2.09. The molecule has 0 atom stereocenters. The summed E-state index contributed by atoms with van der Waals surface area (Å²) in [6, 6.07) is 9.04. The Labute approximate surface area is 109 Å². The average molecular weight is 250 g/mol. The van der Waals surface area contributed by atoms with Gasteiger partial charge in [-0.3, -0.25) is 0 Å². The highest BCUT2D eigenvalue weighted by atomic mass is 16.5. The second kappa shape index (κ2) is 7.17. The van der Waals surface area contributed by atoms with E-state index in [9.17, 15) is 4.79 Å². The molecule has 0 aliphatic heterocycles. The Balaban J connectivity index is 2.10. The van der Waals surface area contributed by atoms with Crippen LogP contribution in [0.25, 0.3) is 0 Å². The first-order chi connectivity index (χ1) is 8.49. The van der Waals surface area contributed by atoms with Crippen LogP contribution in [0.1, 0.15) is 44.0 Å². The molecule has 0 unspecified atom stereocenters. The number of esters is 1. The molecule has 18 heavy (non-hydrogen) atoms. The lowest BCUT2D eigenvalue weighted by molar-refractivity contribution is -0.00691. The van der Waals surface area contributed by atoms with Gasteiger partial charge in [-0.25, -0.2) is 4.79 Å². The van der Waals surface area contributed by atoms with E-state index in [1.165, 1.54) is 0 Å². The molecule has 1 aromatic rings. The fourth-order valence-electron chi connectivity index (χ4n) is 1.40. The fraction of sp³-hybridized carbons (Fsp3) is 0.533. The Morgan fingerprint density at radius 3 is 2.28 bits per heavy atom. The van der Waals surface area contributed by atoms with E-state index in [0.29, 0.717) is 18.8 Å². The summed E-state index contributed by atoms with van der Waals surface area (Å²) in [4.78, 5) is 11.6. The van der Waals surface area contributed by atoms with Crippen LogP contribution in [0, 0.1) is 0 Å². The van der Waals surface area contributed by atoms with Gasteiger partial charge in [-0.2, -0.15) is 0 Å². The Kier molecular flexibility index (Phi) is 5.86. The minimum absolute atomic E-state index is 0.0965. The van der Waals surface area contributed by atoms with Gasteiger partial charge in [-0.05, 0) is 45.7 Å². The summed E-state index contributed by atoms with van der Waals surface area (Å²) in [5.41, 5.74) is 0.504.